The van der Waals surface area contributed by atoms with Gasteiger partial charge in [0.1, 0.15) is 5.82 Å². The van der Waals surface area contributed by atoms with Crippen LogP contribution in [0.5, 0.6) is 0 Å². The fourth-order valence-electron chi connectivity index (χ4n) is 1.35. The first-order valence-electron chi connectivity index (χ1n) is 4.85. The normalized spacial score (nSPS) is 15.4. The summed E-state index contributed by atoms with van der Waals surface area (Å²) in [7, 11) is 1.92. The lowest BCUT2D eigenvalue weighted by atomic mass is 10.4. The molecule has 0 bridgehead atoms. The van der Waals surface area contributed by atoms with Gasteiger partial charge in [-0.3, -0.25) is 10.00 Å². The van der Waals surface area contributed by atoms with E-state index < -0.39 is 0 Å². The van der Waals surface area contributed by atoms with Crippen molar-refractivity contribution in [1.29, 1.82) is 0 Å². The summed E-state index contributed by atoms with van der Waals surface area (Å²) >= 11 is 0. The van der Waals surface area contributed by atoms with Crippen LogP contribution in [0, 0.1) is 12.3 Å². The van der Waals surface area contributed by atoms with Gasteiger partial charge in [-0.05, 0) is 12.8 Å². The molecule has 0 aliphatic heterocycles. The maximum absolute atomic E-state index is 5.14. The Bertz CT molecular complexity index is 357. The Morgan fingerprint density at radius 1 is 1.64 bits per heavy atom. The SMILES string of the molecule is C#CCNCc1nc(C2CC2)nn1C. The molecule has 1 aliphatic rings. The van der Waals surface area contributed by atoms with Crippen LogP contribution in [-0.4, -0.2) is 21.3 Å². The van der Waals surface area contributed by atoms with Crippen LogP contribution in [0.2, 0.25) is 0 Å². The van der Waals surface area contributed by atoms with E-state index in [1.165, 1.54) is 12.8 Å². The van der Waals surface area contributed by atoms with Gasteiger partial charge in [0, 0.05) is 13.0 Å². The average molecular weight is 190 g/mol. The molecule has 1 N–H and O–H groups in total. The van der Waals surface area contributed by atoms with Gasteiger partial charge in [0.2, 0.25) is 0 Å². The third kappa shape index (κ3) is 1.94. The first kappa shape index (κ1) is 9.22. The van der Waals surface area contributed by atoms with Gasteiger partial charge in [0.15, 0.2) is 5.82 Å². The van der Waals surface area contributed by atoms with Crippen LogP contribution < -0.4 is 5.32 Å². The number of rotatable bonds is 4. The Morgan fingerprint density at radius 3 is 3.07 bits per heavy atom. The molecule has 2 rings (SSSR count). The predicted octanol–water partition coefficient (Wildman–Crippen LogP) is 0.415. The van der Waals surface area contributed by atoms with Crippen molar-refractivity contribution in [2.45, 2.75) is 25.3 Å². The Morgan fingerprint density at radius 2 is 2.43 bits per heavy atom. The smallest absolute Gasteiger partial charge is 0.154 e. The quantitative estimate of drug-likeness (QED) is 0.552. The topological polar surface area (TPSA) is 42.7 Å². The molecule has 0 aromatic carbocycles. The number of nitrogens with one attached hydrogen (secondary N) is 1. The third-order valence-corrected chi connectivity index (χ3v) is 2.32. The van der Waals surface area contributed by atoms with Crippen LogP contribution >= 0.6 is 0 Å². The molecule has 0 radical (unpaired) electrons. The molecule has 4 nitrogen and oxygen atoms in total. The summed E-state index contributed by atoms with van der Waals surface area (Å²) in [5, 5.41) is 7.47. The Labute approximate surface area is 83.7 Å². The molecular formula is C10H14N4. The summed E-state index contributed by atoms with van der Waals surface area (Å²) in [6, 6.07) is 0. The molecule has 0 unspecified atom stereocenters. The van der Waals surface area contributed by atoms with E-state index >= 15 is 0 Å². The van der Waals surface area contributed by atoms with Crippen molar-refractivity contribution in [3.8, 4) is 12.3 Å². The minimum atomic E-state index is 0.575. The van der Waals surface area contributed by atoms with E-state index in [1.807, 2.05) is 11.7 Å². The number of aryl methyl sites for hydroxylation is 1. The van der Waals surface area contributed by atoms with Gasteiger partial charge in [0.05, 0.1) is 13.1 Å². The molecule has 0 atom stereocenters. The van der Waals surface area contributed by atoms with Crippen molar-refractivity contribution >= 4 is 0 Å². The van der Waals surface area contributed by atoms with Crippen LogP contribution in [-0.2, 0) is 13.6 Å². The van der Waals surface area contributed by atoms with Crippen molar-refractivity contribution in [2.75, 3.05) is 6.54 Å². The number of nitrogens with zero attached hydrogens (tertiary/aromatic N) is 3. The van der Waals surface area contributed by atoms with E-state index in [0.29, 0.717) is 19.0 Å². The van der Waals surface area contributed by atoms with E-state index in [1.54, 1.807) is 0 Å². The Hall–Kier alpha value is -1.34. The molecule has 1 aliphatic carbocycles. The highest BCUT2D eigenvalue weighted by Crippen LogP contribution is 2.37. The zero-order chi connectivity index (χ0) is 9.97. The molecule has 0 saturated heterocycles. The van der Waals surface area contributed by atoms with Gasteiger partial charge < -0.3 is 0 Å². The van der Waals surface area contributed by atoms with E-state index in [-0.39, 0.29) is 0 Å². The summed E-state index contributed by atoms with van der Waals surface area (Å²) in [6.45, 7) is 1.27. The number of hydrogen-bond acceptors (Lipinski definition) is 3. The van der Waals surface area contributed by atoms with E-state index in [0.717, 1.165) is 11.6 Å². The van der Waals surface area contributed by atoms with Crippen molar-refractivity contribution < 1.29 is 0 Å². The largest absolute Gasteiger partial charge is 0.299 e. The summed E-state index contributed by atoms with van der Waals surface area (Å²) in [6.07, 6.45) is 7.61. The van der Waals surface area contributed by atoms with Crippen molar-refractivity contribution in [3.05, 3.63) is 11.6 Å². The second-order valence-electron chi connectivity index (χ2n) is 3.59. The molecule has 14 heavy (non-hydrogen) atoms. The van der Waals surface area contributed by atoms with Crippen molar-refractivity contribution in [3.63, 3.8) is 0 Å². The molecule has 74 valence electrons. The van der Waals surface area contributed by atoms with Gasteiger partial charge in [0.25, 0.3) is 0 Å². The molecule has 1 aromatic heterocycles. The van der Waals surface area contributed by atoms with Gasteiger partial charge in [-0.1, -0.05) is 5.92 Å². The maximum atomic E-state index is 5.14. The highest BCUT2D eigenvalue weighted by atomic mass is 15.3. The molecular weight excluding hydrogens is 176 g/mol. The summed E-state index contributed by atoms with van der Waals surface area (Å²) in [5.74, 6) is 5.10. The highest BCUT2D eigenvalue weighted by Gasteiger charge is 2.28. The average Bonchev–Trinajstić information content (AvgIpc) is 2.94. The summed E-state index contributed by atoms with van der Waals surface area (Å²) < 4.78 is 1.83. The molecule has 4 heteroatoms. The van der Waals surface area contributed by atoms with Crippen LogP contribution in [0.15, 0.2) is 0 Å². The van der Waals surface area contributed by atoms with Crippen LogP contribution in [0.1, 0.15) is 30.4 Å². The van der Waals surface area contributed by atoms with E-state index in [4.69, 9.17) is 6.42 Å². The highest BCUT2D eigenvalue weighted by molar-refractivity contribution is 5.06. The predicted molar refractivity (Wildman–Crippen MR) is 53.5 cm³/mol. The van der Waals surface area contributed by atoms with Gasteiger partial charge in [-0.15, -0.1) is 6.42 Å². The molecule has 1 saturated carbocycles. The fourth-order valence-corrected chi connectivity index (χ4v) is 1.35. The Balaban J connectivity index is 1.98. The fraction of sp³-hybridized carbons (Fsp3) is 0.600. The van der Waals surface area contributed by atoms with E-state index in [2.05, 4.69) is 21.3 Å². The maximum Gasteiger partial charge on any atom is 0.154 e. The lowest BCUT2D eigenvalue weighted by Gasteiger charge is -1.98. The second kappa shape index (κ2) is 3.81. The third-order valence-electron chi connectivity index (χ3n) is 2.32. The Kier molecular flexibility index (Phi) is 2.51. The monoisotopic (exact) mass is 190 g/mol. The summed E-state index contributed by atoms with van der Waals surface area (Å²) in [5.41, 5.74) is 0. The van der Waals surface area contributed by atoms with Crippen LogP contribution in [0.3, 0.4) is 0 Å². The standard InChI is InChI=1S/C10H14N4/c1-3-6-11-7-9-12-10(8-4-5-8)13-14(9)2/h1,8,11H,4-7H2,2H3. The molecule has 1 aromatic rings. The molecule has 1 fully saturated rings. The number of hydrogen-bond donors (Lipinski definition) is 1. The first-order valence-corrected chi connectivity index (χ1v) is 4.85. The molecule has 1 heterocycles. The van der Waals surface area contributed by atoms with E-state index in [9.17, 15) is 0 Å². The zero-order valence-electron chi connectivity index (χ0n) is 8.32. The second-order valence-corrected chi connectivity index (χ2v) is 3.59. The molecule has 0 amide bonds. The lowest BCUT2D eigenvalue weighted by molar-refractivity contribution is 0.643. The van der Waals surface area contributed by atoms with Gasteiger partial charge in [-0.25, -0.2) is 4.98 Å². The molecule has 0 spiro atoms. The van der Waals surface area contributed by atoms with Crippen LogP contribution in [0.25, 0.3) is 0 Å². The number of aromatic nitrogens is 3. The lowest BCUT2D eigenvalue weighted by Crippen LogP contribution is -2.16. The summed E-state index contributed by atoms with van der Waals surface area (Å²) in [4.78, 5) is 4.46. The van der Waals surface area contributed by atoms with Gasteiger partial charge in [-0.2, -0.15) is 5.10 Å². The van der Waals surface area contributed by atoms with Crippen molar-refractivity contribution in [2.24, 2.45) is 7.05 Å². The van der Waals surface area contributed by atoms with Crippen molar-refractivity contribution in [1.82, 2.24) is 20.1 Å². The minimum Gasteiger partial charge on any atom is -0.299 e. The zero-order valence-corrected chi connectivity index (χ0v) is 8.32. The first-order chi connectivity index (χ1) is 6.81. The van der Waals surface area contributed by atoms with Gasteiger partial charge >= 0.3 is 0 Å². The number of terminal acetylenes is 1. The van der Waals surface area contributed by atoms with Crippen LogP contribution in [0.4, 0.5) is 0 Å². The minimum absolute atomic E-state index is 0.575.